The average molecular weight is 604 g/mol. The van der Waals surface area contributed by atoms with E-state index in [0.717, 1.165) is 42.9 Å². The highest BCUT2D eigenvalue weighted by Crippen LogP contribution is 2.23. The van der Waals surface area contributed by atoms with E-state index in [2.05, 4.69) is 30.6 Å². The predicted octanol–water partition coefficient (Wildman–Crippen LogP) is 11.1. The van der Waals surface area contributed by atoms with Gasteiger partial charge in [-0.15, -0.1) is 6.58 Å². The van der Waals surface area contributed by atoms with E-state index in [9.17, 15) is 9.59 Å². The Labute approximate surface area is 259 Å². The molecule has 1 fully saturated rings. The van der Waals surface area contributed by atoms with Gasteiger partial charge in [-0.1, -0.05) is 97.1 Å². The molecule has 2 rings (SSSR count). The molecule has 0 bridgehead atoms. The van der Waals surface area contributed by atoms with Crippen LogP contribution in [0.3, 0.4) is 0 Å². The number of carbonyl (C=O) groups is 2. The number of aromatic nitrogens is 2. The summed E-state index contributed by atoms with van der Waals surface area (Å²) in [7, 11) is 0. The number of carbonyl (C=O) groups excluding carboxylic acids is 2. The molecule has 1 amide bonds. The first-order valence-corrected chi connectivity index (χ1v) is 15.9. The fourth-order valence-corrected chi connectivity index (χ4v) is 3.07. The zero-order valence-corrected chi connectivity index (χ0v) is 29.9. The topological polar surface area (TPSA) is 85.5 Å². The molecule has 0 N–H and O–H groups in total. The number of rotatable bonds is 7. The van der Waals surface area contributed by atoms with Crippen LogP contribution in [0.5, 0.6) is 0 Å². The van der Waals surface area contributed by atoms with Gasteiger partial charge in [0.05, 0.1) is 0 Å². The first kappa shape index (κ1) is 48.6. The van der Waals surface area contributed by atoms with Crippen molar-refractivity contribution >= 4 is 24.0 Å². The number of allylic oxidation sites excluding steroid dienone is 3. The summed E-state index contributed by atoms with van der Waals surface area (Å²) in [5.74, 6) is 1.26. The van der Waals surface area contributed by atoms with Crippen molar-refractivity contribution in [3.05, 3.63) is 36.0 Å². The van der Waals surface area contributed by atoms with E-state index in [1.54, 1.807) is 11.0 Å². The summed E-state index contributed by atoms with van der Waals surface area (Å²) in [6.45, 7) is 31.6. The Morgan fingerprint density at radius 3 is 2.05 bits per heavy atom. The molecule has 244 valence electrons. The number of hydrogen-bond donors (Lipinski definition) is 0. The molecule has 0 aliphatic carbocycles. The van der Waals surface area contributed by atoms with Crippen molar-refractivity contribution in [3.8, 4) is 0 Å². The highest BCUT2D eigenvalue weighted by Gasteiger charge is 2.31. The minimum Gasteiger partial charge on any atom is -0.444 e. The maximum absolute atomic E-state index is 11.7. The van der Waals surface area contributed by atoms with Crippen LogP contribution in [0.25, 0.3) is 0 Å². The molecule has 2 unspecified atom stereocenters. The first-order chi connectivity index (χ1) is 19.5. The molecule has 7 nitrogen and oxygen atoms in total. The molecule has 1 saturated heterocycles. The van der Waals surface area contributed by atoms with Crippen LogP contribution in [0.1, 0.15) is 154 Å². The Kier molecular flexibility index (Phi) is 42.5. The molecular formula is C33H66ClN3O4. The van der Waals surface area contributed by atoms with Crippen LogP contribution in [0.2, 0.25) is 0 Å². The summed E-state index contributed by atoms with van der Waals surface area (Å²) in [6.07, 6.45) is 12.6. The fraction of sp³-hybridized carbons (Fsp3) is 0.758. The molecule has 0 radical (unpaired) electrons. The van der Waals surface area contributed by atoms with Gasteiger partial charge in [0.15, 0.2) is 6.33 Å². The Morgan fingerprint density at radius 1 is 1.20 bits per heavy atom. The molecule has 0 aromatic carbocycles. The van der Waals surface area contributed by atoms with Gasteiger partial charge in [0.1, 0.15) is 11.9 Å². The van der Waals surface area contributed by atoms with Crippen molar-refractivity contribution in [3.63, 3.8) is 0 Å². The van der Waals surface area contributed by atoms with Gasteiger partial charge in [-0.25, -0.2) is 4.79 Å². The van der Waals surface area contributed by atoms with Crippen LogP contribution in [0.15, 0.2) is 34.6 Å². The predicted molar refractivity (Wildman–Crippen MR) is 179 cm³/mol. The van der Waals surface area contributed by atoms with Gasteiger partial charge < -0.3 is 19.0 Å². The Bertz CT molecular complexity index is 698. The molecule has 2 heterocycles. The molecule has 1 aliphatic heterocycles. The van der Waals surface area contributed by atoms with E-state index in [1.165, 1.54) is 19.2 Å². The van der Waals surface area contributed by atoms with Crippen LogP contribution >= 0.6 is 11.6 Å². The Hall–Kier alpha value is -2.15. The lowest BCUT2D eigenvalue weighted by Gasteiger charge is -2.27. The molecule has 1 aromatic heterocycles. The highest BCUT2D eigenvalue weighted by atomic mass is 35.5. The largest absolute Gasteiger partial charge is 0.444 e. The van der Waals surface area contributed by atoms with E-state index in [0.29, 0.717) is 18.9 Å². The number of ether oxygens (including phenoxy) is 1. The second-order valence-electron chi connectivity index (χ2n) is 9.18. The minimum absolute atomic E-state index is 0.0392. The molecule has 2 atom stereocenters. The van der Waals surface area contributed by atoms with Crippen molar-refractivity contribution in [2.75, 3.05) is 6.54 Å². The second kappa shape index (κ2) is 35.9. The van der Waals surface area contributed by atoms with Crippen LogP contribution < -0.4 is 0 Å². The molecule has 1 aromatic rings. The minimum atomic E-state index is -0.467. The summed E-state index contributed by atoms with van der Waals surface area (Å²) >= 11 is 5.32. The Morgan fingerprint density at radius 2 is 1.71 bits per heavy atom. The highest BCUT2D eigenvalue weighted by molar-refractivity contribution is 6.29. The monoisotopic (exact) mass is 603 g/mol. The molecule has 0 spiro atoms. The van der Waals surface area contributed by atoms with Gasteiger partial charge >= 0.3 is 6.09 Å². The lowest BCUT2D eigenvalue weighted by molar-refractivity contribution is -0.108. The third-order valence-electron chi connectivity index (χ3n) is 4.90. The number of nitrogens with zero attached hydrogens (tertiary/aromatic N) is 3. The van der Waals surface area contributed by atoms with Crippen molar-refractivity contribution in [1.29, 1.82) is 0 Å². The number of likely N-dealkylation sites (tertiary alicyclic amines) is 1. The van der Waals surface area contributed by atoms with Crippen LogP contribution in [-0.4, -0.2) is 45.6 Å². The lowest BCUT2D eigenvalue weighted by atomic mass is 9.99. The van der Waals surface area contributed by atoms with Crippen LogP contribution in [-0.2, 0) is 9.53 Å². The molecular weight excluding hydrogens is 538 g/mol. The van der Waals surface area contributed by atoms with E-state index >= 15 is 0 Å². The van der Waals surface area contributed by atoms with Crippen molar-refractivity contribution < 1.29 is 18.8 Å². The zero-order valence-electron chi connectivity index (χ0n) is 29.2. The molecule has 0 saturated carbocycles. The van der Waals surface area contributed by atoms with Gasteiger partial charge in [-0.05, 0) is 67.2 Å². The normalized spacial score (nSPS) is 14.0. The third-order valence-corrected chi connectivity index (χ3v) is 5.12. The second-order valence-corrected chi connectivity index (χ2v) is 9.78. The fourth-order valence-electron chi connectivity index (χ4n) is 3.07. The first-order valence-electron chi connectivity index (χ1n) is 15.6. The van der Waals surface area contributed by atoms with Crippen molar-refractivity contribution in [2.45, 2.75) is 159 Å². The maximum Gasteiger partial charge on any atom is 0.410 e. The third kappa shape index (κ3) is 32.2. The van der Waals surface area contributed by atoms with Gasteiger partial charge in [0, 0.05) is 30.0 Å². The SMILES string of the molecule is C/C=C(\C)Cl.C=CC.CC.CC.CC.CC(C)(C)OC(=O)N1CCCC1CC=O.CCCCC(CC)c1ncno1. The summed E-state index contributed by atoms with van der Waals surface area (Å²) in [4.78, 5) is 27.9. The number of halogens is 1. The van der Waals surface area contributed by atoms with E-state index in [-0.39, 0.29) is 12.1 Å². The van der Waals surface area contributed by atoms with Crippen LogP contribution in [0, 0.1) is 0 Å². The smallest absolute Gasteiger partial charge is 0.410 e. The number of aldehydes is 1. The zero-order chi connectivity index (χ0) is 33.3. The van der Waals surface area contributed by atoms with Crippen molar-refractivity contribution in [1.82, 2.24) is 15.0 Å². The van der Waals surface area contributed by atoms with Crippen molar-refractivity contribution in [2.24, 2.45) is 0 Å². The summed E-state index contributed by atoms with van der Waals surface area (Å²) < 4.78 is 10.3. The summed E-state index contributed by atoms with van der Waals surface area (Å²) in [5, 5.41) is 4.46. The number of unbranched alkanes of at least 4 members (excludes halogenated alkanes) is 1. The van der Waals surface area contributed by atoms with Gasteiger partial charge in [0.25, 0.3) is 0 Å². The van der Waals surface area contributed by atoms with E-state index in [1.807, 2.05) is 89.2 Å². The van der Waals surface area contributed by atoms with Crippen LogP contribution in [0.4, 0.5) is 4.79 Å². The molecule has 1 aliphatic rings. The average Bonchev–Trinajstić information content (AvgIpc) is 3.66. The Balaban J connectivity index is -0.000000148. The van der Waals surface area contributed by atoms with Gasteiger partial charge in [-0.3, -0.25) is 0 Å². The molecule has 41 heavy (non-hydrogen) atoms. The summed E-state index contributed by atoms with van der Waals surface area (Å²) in [6, 6.07) is 0.0392. The number of hydrogen-bond acceptors (Lipinski definition) is 6. The quantitative estimate of drug-likeness (QED) is 0.227. The number of amides is 1. The van der Waals surface area contributed by atoms with Gasteiger partial charge in [0.2, 0.25) is 5.89 Å². The standard InChI is InChI=1S/C11H19NO3.C9H16N2O.C4H7Cl.C3H6.3C2H6/c1-11(2,3)15-10(14)12-7-4-5-9(12)6-8-13;1-3-5-6-8(4-2)9-10-7-11-12-9;1-3-4(2)5;1-3-2;3*1-2/h8-9H,4-7H2,1-3H3;7-8H,3-6H2,1-2H3;3H,1-2H3;3H,1H2,2H3;3*1-2H3/b;;4-3+;;;;. The van der Waals surface area contributed by atoms with E-state index in [4.69, 9.17) is 20.9 Å². The lowest BCUT2D eigenvalue weighted by Crippen LogP contribution is -2.39. The van der Waals surface area contributed by atoms with E-state index < -0.39 is 5.60 Å². The maximum atomic E-state index is 11.7. The summed E-state index contributed by atoms with van der Waals surface area (Å²) in [5.41, 5.74) is -0.467. The van der Waals surface area contributed by atoms with Gasteiger partial charge in [-0.2, -0.15) is 4.98 Å². The molecule has 8 heteroatoms.